The van der Waals surface area contributed by atoms with E-state index in [0.717, 1.165) is 19.3 Å². The van der Waals surface area contributed by atoms with Crippen molar-refractivity contribution in [3.05, 3.63) is 0 Å². The van der Waals surface area contributed by atoms with Gasteiger partial charge in [-0.25, -0.2) is 0 Å². The fourth-order valence-corrected chi connectivity index (χ4v) is 2.65. The molecule has 0 aromatic heterocycles. The summed E-state index contributed by atoms with van der Waals surface area (Å²) in [5.41, 5.74) is 0. The highest BCUT2D eigenvalue weighted by Gasteiger charge is 2.18. The van der Waals surface area contributed by atoms with Crippen molar-refractivity contribution in [2.75, 3.05) is 14.1 Å². The smallest absolute Gasteiger partial charge is 0.0527 e. The van der Waals surface area contributed by atoms with Gasteiger partial charge in [0.1, 0.15) is 0 Å². The summed E-state index contributed by atoms with van der Waals surface area (Å²) in [6.45, 7) is 4.09. The number of halogens is 1. The minimum atomic E-state index is -0.245. The quantitative estimate of drug-likeness (QED) is 0.455. The molecule has 18 heavy (non-hydrogen) atoms. The summed E-state index contributed by atoms with van der Waals surface area (Å²) >= 11 is 6.41. The molecule has 0 amide bonds. The van der Waals surface area contributed by atoms with Crippen LogP contribution in [0.3, 0.4) is 0 Å². The van der Waals surface area contributed by atoms with Gasteiger partial charge in [-0.1, -0.05) is 39.0 Å². The van der Waals surface area contributed by atoms with E-state index in [-0.39, 0.29) is 11.5 Å². The summed E-state index contributed by atoms with van der Waals surface area (Å²) in [6.07, 6.45) is 9.17. The third-order valence-electron chi connectivity index (χ3n) is 3.49. The first-order valence-electron chi connectivity index (χ1n) is 7.45. The van der Waals surface area contributed by atoms with E-state index in [9.17, 15) is 5.11 Å². The first-order valence-corrected chi connectivity index (χ1v) is 7.89. The first kappa shape index (κ1) is 18.2. The first-order chi connectivity index (χ1) is 8.47. The van der Waals surface area contributed by atoms with E-state index in [1.165, 1.54) is 32.1 Å². The van der Waals surface area contributed by atoms with Gasteiger partial charge >= 0.3 is 0 Å². The van der Waals surface area contributed by atoms with Crippen LogP contribution in [0.2, 0.25) is 0 Å². The maximum absolute atomic E-state index is 9.49. The molecular weight excluding hydrogens is 246 g/mol. The van der Waals surface area contributed by atoms with Crippen LogP contribution in [0.4, 0.5) is 0 Å². The van der Waals surface area contributed by atoms with Crippen LogP contribution in [-0.2, 0) is 0 Å². The van der Waals surface area contributed by atoms with Crippen molar-refractivity contribution in [1.82, 2.24) is 4.90 Å². The molecular formula is C15H32ClNO. The molecule has 0 saturated heterocycles. The van der Waals surface area contributed by atoms with Crippen molar-refractivity contribution < 1.29 is 5.11 Å². The average Bonchev–Trinajstić information content (AvgIpc) is 2.27. The number of aliphatic hydroxyl groups is 1. The zero-order valence-corrected chi connectivity index (χ0v) is 13.4. The molecule has 0 bridgehead atoms. The topological polar surface area (TPSA) is 23.5 Å². The second-order valence-electron chi connectivity index (χ2n) is 5.74. The molecule has 3 unspecified atom stereocenters. The number of alkyl halides is 1. The minimum Gasteiger partial charge on any atom is -0.393 e. The predicted molar refractivity (Wildman–Crippen MR) is 81.4 cm³/mol. The zero-order valence-electron chi connectivity index (χ0n) is 12.7. The Morgan fingerprint density at radius 2 is 1.67 bits per heavy atom. The van der Waals surface area contributed by atoms with Crippen molar-refractivity contribution in [3.8, 4) is 0 Å². The van der Waals surface area contributed by atoms with E-state index in [2.05, 4.69) is 25.9 Å². The fourth-order valence-electron chi connectivity index (χ4n) is 2.29. The van der Waals surface area contributed by atoms with Crippen molar-refractivity contribution in [2.24, 2.45) is 0 Å². The van der Waals surface area contributed by atoms with Gasteiger partial charge in [0, 0.05) is 11.4 Å². The third-order valence-corrected chi connectivity index (χ3v) is 3.89. The van der Waals surface area contributed by atoms with Crippen LogP contribution >= 0.6 is 11.6 Å². The fraction of sp³-hybridized carbons (Fsp3) is 1.00. The van der Waals surface area contributed by atoms with Crippen LogP contribution in [0.15, 0.2) is 0 Å². The van der Waals surface area contributed by atoms with Crippen molar-refractivity contribution in [1.29, 1.82) is 0 Å². The molecule has 0 saturated carbocycles. The lowest BCUT2D eigenvalue weighted by molar-refractivity contribution is 0.133. The Kier molecular flexibility index (Phi) is 11.2. The summed E-state index contributed by atoms with van der Waals surface area (Å²) in [7, 11) is 4.13. The van der Waals surface area contributed by atoms with Gasteiger partial charge < -0.3 is 10.0 Å². The van der Waals surface area contributed by atoms with Gasteiger partial charge in [0.2, 0.25) is 0 Å². The normalized spacial score (nSPS) is 16.8. The molecule has 0 aliphatic rings. The summed E-state index contributed by atoms with van der Waals surface area (Å²) in [5.74, 6) is 0. The van der Waals surface area contributed by atoms with Crippen molar-refractivity contribution in [3.63, 3.8) is 0 Å². The molecule has 3 heteroatoms. The number of nitrogens with zero attached hydrogens (tertiary/aromatic N) is 1. The Hall–Kier alpha value is 0.210. The van der Waals surface area contributed by atoms with Gasteiger partial charge in [-0.05, 0) is 40.3 Å². The molecule has 0 radical (unpaired) electrons. The Bertz CT molecular complexity index is 185. The third kappa shape index (κ3) is 10.2. The summed E-state index contributed by atoms with van der Waals surface area (Å²) in [5, 5.41) is 9.74. The molecule has 0 aliphatic heterocycles. The molecule has 0 aromatic carbocycles. The number of unbranched alkanes of at least 4 members (excludes halogenated alkanes) is 4. The number of hydrogen-bond donors (Lipinski definition) is 1. The molecule has 2 nitrogen and oxygen atoms in total. The second-order valence-corrected chi connectivity index (χ2v) is 6.36. The van der Waals surface area contributed by atoms with Crippen LogP contribution in [0.25, 0.3) is 0 Å². The summed E-state index contributed by atoms with van der Waals surface area (Å²) in [4.78, 5) is 2.18. The lowest BCUT2D eigenvalue weighted by Gasteiger charge is -2.27. The highest BCUT2D eigenvalue weighted by atomic mass is 35.5. The maximum Gasteiger partial charge on any atom is 0.0527 e. The Morgan fingerprint density at radius 3 is 2.17 bits per heavy atom. The lowest BCUT2D eigenvalue weighted by Crippen LogP contribution is -2.33. The Balaban J connectivity index is 3.77. The lowest BCUT2D eigenvalue weighted by atomic mass is 10.0. The maximum atomic E-state index is 9.49. The van der Waals surface area contributed by atoms with E-state index in [0.29, 0.717) is 6.04 Å². The monoisotopic (exact) mass is 277 g/mol. The Morgan fingerprint density at radius 1 is 1.06 bits per heavy atom. The van der Waals surface area contributed by atoms with E-state index in [1.807, 2.05) is 6.92 Å². The number of hydrogen-bond acceptors (Lipinski definition) is 2. The SMILES string of the molecule is CCCCCCCC(Cl)CC(CC(C)O)N(C)C. The van der Waals surface area contributed by atoms with E-state index >= 15 is 0 Å². The highest BCUT2D eigenvalue weighted by molar-refractivity contribution is 6.20. The largest absolute Gasteiger partial charge is 0.393 e. The van der Waals surface area contributed by atoms with Gasteiger partial charge in [0.15, 0.2) is 0 Å². The molecule has 0 spiro atoms. The molecule has 1 N–H and O–H groups in total. The van der Waals surface area contributed by atoms with E-state index in [4.69, 9.17) is 11.6 Å². The Labute approximate surface area is 119 Å². The van der Waals surface area contributed by atoms with Gasteiger partial charge in [0.25, 0.3) is 0 Å². The van der Waals surface area contributed by atoms with Crippen molar-refractivity contribution >= 4 is 11.6 Å². The van der Waals surface area contributed by atoms with Crippen LogP contribution in [0, 0.1) is 0 Å². The molecule has 3 atom stereocenters. The van der Waals surface area contributed by atoms with Gasteiger partial charge in [-0.15, -0.1) is 11.6 Å². The number of rotatable bonds is 11. The minimum absolute atomic E-state index is 0.245. The summed E-state index contributed by atoms with van der Waals surface area (Å²) in [6, 6.07) is 0.392. The van der Waals surface area contributed by atoms with Crippen molar-refractivity contribution in [2.45, 2.75) is 82.7 Å². The van der Waals surface area contributed by atoms with Crippen LogP contribution in [0.5, 0.6) is 0 Å². The standard InChI is InChI=1S/C15H32ClNO/c1-5-6-7-8-9-10-14(16)12-15(17(3)4)11-13(2)18/h13-15,18H,5-12H2,1-4H3. The van der Waals surface area contributed by atoms with E-state index in [1.54, 1.807) is 0 Å². The molecule has 0 rings (SSSR count). The molecule has 0 heterocycles. The van der Waals surface area contributed by atoms with Gasteiger partial charge in [0.05, 0.1) is 6.10 Å². The van der Waals surface area contributed by atoms with Crippen LogP contribution < -0.4 is 0 Å². The number of aliphatic hydroxyl groups excluding tert-OH is 1. The van der Waals surface area contributed by atoms with Crippen LogP contribution in [-0.4, -0.2) is 41.6 Å². The average molecular weight is 278 g/mol. The second kappa shape index (κ2) is 11.1. The summed E-state index contributed by atoms with van der Waals surface area (Å²) < 4.78 is 0. The predicted octanol–water partition coefficient (Wildman–Crippen LogP) is 4.05. The van der Waals surface area contributed by atoms with Gasteiger partial charge in [-0.3, -0.25) is 0 Å². The molecule has 0 fully saturated rings. The molecule has 110 valence electrons. The molecule has 0 aromatic rings. The van der Waals surface area contributed by atoms with Gasteiger partial charge in [-0.2, -0.15) is 0 Å². The van der Waals surface area contributed by atoms with E-state index < -0.39 is 0 Å². The highest BCUT2D eigenvalue weighted by Crippen LogP contribution is 2.19. The molecule has 0 aliphatic carbocycles. The van der Waals surface area contributed by atoms with Crippen LogP contribution in [0.1, 0.15) is 65.2 Å². The zero-order chi connectivity index (χ0) is 14.0.